The fraction of sp³-hybridized carbons (Fsp3) is 0.818. The Morgan fingerprint density at radius 3 is 2.71 bits per heavy atom. The maximum absolute atomic E-state index is 11.8. The van der Waals surface area contributed by atoms with Crippen LogP contribution in [0.5, 0.6) is 0 Å². The van der Waals surface area contributed by atoms with Gasteiger partial charge in [0, 0.05) is 19.4 Å². The molecule has 94 valence electrons. The zero-order valence-corrected chi connectivity index (χ0v) is 9.47. The van der Waals surface area contributed by atoms with E-state index in [4.69, 9.17) is 9.84 Å². The van der Waals surface area contributed by atoms with Crippen molar-refractivity contribution in [3.63, 3.8) is 0 Å². The molecule has 6 nitrogen and oxygen atoms in total. The molecular formula is C11H15NO5. The molecule has 3 heterocycles. The lowest BCUT2D eigenvalue weighted by Gasteiger charge is -2.33. The first kappa shape index (κ1) is 11.1. The molecule has 0 aromatic carbocycles. The summed E-state index contributed by atoms with van der Waals surface area (Å²) in [5.74, 6) is -1.93. The highest BCUT2D eigenvalue weighted by Crippen LogP contribution is 2.60. The third-order valence-corrected chi connectivity index (χ3v) is 4.49. The molecule has 3 saturated heterocycles. The number of carbonyl (C=O) groups excluding carboxylic acids is 2. The highest BCUT2D eigenvalue weighted by atomic mass is 16.6. The summed E-state index contributed by atoms with van der Waals surface area (Å²) in [6.45, 7) is 1.53. The van der Waals surface area contributed by atoms with Gasteiger partial charge in [0.1, 0.15) is 5.60 Å². The summed E-state index contributed by atoms with van der Waals surface area (Å²) < 4.78 is 5.82. The minimum absolute atomic E-state index is 0.131. The second-order valence-corrected chi connectivity index (χ2v) is 5.35. The summed E-state index contributed by atoms with van der Waals surface area (Å²) in [4.78, 5) is 23.6. The van der Waals surface area contributed by atoms with Gasteiger partial charge in [0.15, 0.2) is 0 Å². The van der Waals surface area contributed by atoms with Gasteiger partial charge in [-0.15, -0.1) is 0 Å². The van der Waals surface area contributed by atoms with Crippen molar-refractivity contribution >= 4 is 11.8 Å². The van der Waals surface area contributed by atoms with Gasteiger partial charge in [0.2, 0.25) is 11.8 Å². The molecule has 0 spiro atoms. The molecule has 0 aromatic rings. The van der Waals surface area contributed by atoms with Crippen LogP contribution in [0.25, 0.3) is 0 Å². The number of aliphatic hydroxyl groups excluding tert-OH is 2. The van der Waals surface area contributed by atoms with E-state index >= 15 is 0 Å². The van der Waals surface area contributed by atoms with Gasteiger partial charge in [-0.2, -0.15) is 0 Å². The highest BCUT2D eigenvalue weighted by molar-refractivity contribution is 6.07. The van der Waals surface area contributed by atoms with E-state index in [0.29, 0.717) is 6.42 Å². The Labute approximate surface area is 97.9 Å². The molecule has 3 aliphatic rings. The van der Waals surface area contributed by atoms with E-state index in [1.807, 2.05) is 0 Å². The summed E-state index contributed by atoms with van der Waals surface area (Å²) in [5, 5.41) is 21.4. The van der Waals surface area contributed by atoms with Gasteiger partial charge in [0.25, 0.3) is 0 Å². The Kier molecular flexibility index (Phi) is 2.01. The maximum Gasteiger partial charge on any atom is 0.233 e. The van der Waals surface area contributed by atoms with Gasteiger partial charge >= 0.3 is 0 Å². The lowest BCUT2D eigenvalue weighted by atomic mass is 9.66. The van der Waals surface area contributed by atoms with Crippen molar-refractivity contribution in [1.82, 2.24) is 5.32 Å². The lowest BCUT2D eigenvalue weighted by molar-refractivity contribution is -0.137. The van der Waals surface area contributed by atoms with Crippen LogP contribution < -0.4 is 5.32 Å². The Hall–Kier alpha value is -0.980. The van der Waals surface area contributed by atoms with Crippen LogP contribution in [0.4, 0.5) is 0 Å². The van der Waals surface area contributed by atoms with E-state index in [1.165, 1.54) is 0 Å². The topological polar surface area (TPSA) is 95.9 Å². The predicted molar refractivity (Wildman–Crippen MR) is 54.7 cm³/mol. The van der Waals surface area contributed by atoms with E-state index in [9.17, 15) is 14.7 Å². The fourth-order valence-electron chi connectivity index (χ4n) is 3.75. The fourth-order valence-corrected chi connectivity index (χ4v) is 3.75. The number of hydrogen-bond acceptors (Lipinski definition) is 5. The van der Waals surface area contributed by atoms with Crippen LogP contribution in [0, 0.1) is 11.8 Å². The molecule has 3 rings (SSSR count). The van der Waals surface area contributed by atoms with E-state index in [-0.39, 0.29) is 24.8 Å². The number of carbonyl (C=O) groups is 2. The van der Waals surface area contributed by atoms with Gasteiger partial charge < -0.3 is 14.9 Å². The van der Waals surface area contributed by atoms with Gasteiger partial charge in [-0.25, -0.2) is 0 Å². The second kappa shape index (κ2) is 3.07. The monoisotopic (exact) mass is 241 g/mol. The molecule has 0 saturated carbocycles. The number of amides is 2. The molecule has 17 heavy (non-hydrogen) atoms. The number of aliphatic hydroxyl groups is 2. The maximum atomic E-state index is 11.8. The number of rotatable bonds is 2. The van der Waals surface area contributed by atoms with E-state index < -0.39 is 29.1 Å². The molecule has 6 heteroatoms. The minimum Gasteiger partial charge on any atom is -0.396 e. The zero-order chi connectivity index (χ0) is 12.4. The lowest BCUT2D eigenvalue weighted by Crippen LogP contribution is -2.49. The van der Waals surface area contributed by atoms with Crippen molar-refractivity contribution in [2.24, 2.45) is 11.8 Å². The Morgan fingerprint density at radius 2 is 2.06 bits per heavy atom. The van der Waals surface area contributed by atoms with Gasteiger partial charge in [-0.1, -0.05) is 0 Å². The number of nitrogens with one attached hydrogen (secondary N) is 1. The molecule has 5 atom stereocenters. The molecule has 3 N–H and O–H groups in total. The standard InChI is InChI=1S/C11H15NO5/c1-10-5(14)4-11(17-10,2-3-13)7-6(10)8(15)12-9(7)16/h5-7,13-14H,2-4H2,1H3,(H,12,15,16). The van der Waals surface area contributed by atoms with Crippen LogP contribution in [0.2, 0.25) is 0 Å². The largest absolute Gasteiger partial charge is 0.396 e. The molecule has 0 radical (unpaired) electrons. The molecular weight excluding hydrogens is 226 g/mol. The minimum atomic E-state index is -1.00. The Balaban J connectivity index is 2.08. The summed E-state index contributed by atoms with van der Waals surface area (Å²) in [5.41, 5.74) is -1.89. The second-order valence-electron chi connectivity index (χ2n) is 5.35. The predicted octanol–water partition coefficient (Wildman–Crippen LogP) is -1.45. The first-order valence-corrected chi connectivity index (χ1v) is 5.78. The van der Waals surface area contributed by atoms with Crippen LogP contribution in [0.1, 0.15) is 19.8 Å². The summed E-state index contributed by atoms with van der Waals surface area (Å²) in [6.07, 6.45) is -0.208. The summed E-state index contributed by atoms with van der Waals surface area (Å²) >= 11 is 0. The molecule has 0 aromatic heterocycles. The third-order valence-electron chi connectivity index (χ3n) is 4.49. The van der Waals surface area contributed by atoms with Crippen LogP contribution in [-0.2, 0) is 14.3 Å². The highest BCUT2D eigenvalue weighted by Gasteiger charge is 2.75. The molecule has 2 bridgehead atoms. The molecule has 3 fully saturated rings. The number of hydrogen-bond donors (Lipinski definition) is 3. The first-order chi connectivity index (χ1) is 7.94. The van der Waals surface area contributed by atoms with Gasteiger partial charge in [-0.05, 0) is 6.92 Å². The van der Waals surface area contributed by atoms with Crippen molar-refractivity contribution < 1.29 is 24.5 Å². The van der Waals surface area contributed by atoms with E-state index in [2.05, 4.69) is 5.32 Å². The van der Waals surface area contributed by atoms with E-state index in [1.54, 1.807) is 6.92 Å². The Morgan fingerprint density at radius 1 is 1.41 bits per heavy atom. The number of ether oxygens (including phenoxy) is 1. The molecule has 5 unspecified atom stereocenters. The third kappa shape index (κ3) is 1.10. The van der Waals surface area contributed by atoms with Crippen LogP contribution in [-0.4, -0.2) is 45.9 Å². The number of imide groups is 1. The SMILES string of the molecule is CC12OC(CCO)(CC1O)C1C(=O)NC(=O)C12. The van der Waals surface area contributed by atoms with Gasteiger partial charge in [-0.3, -0.25) is 14.9 Å². The van der Waals surface area contributed by atoms with Crippen LogP contribution >= 0.6 is 0 Å². The molecule has 2 amide bonds. The first-order valence-electron chi connectivity index (χ1n) is 5.78. The van der Waals surface area contributed by atoms with Crippen molar-refractivity contribution in [1.29, 1.82) is 0 Å². The van der Waals surface area contributed by atoms with Crippen molar-refractivity contribution in [3.8, 4) is 0 Å². The normalized spacial score (nSPS) is 51.8. The number of fused-ring (bicyclic) bond motifs is 5. The van der Waals surface area contributed by atoms with Crippen molar-refractivity contribution in [2.45, 2.75) is 37.1 Å². The van der Waals surface area contributed by atoms with E-state index in [0.717, 1.165) is 0 Å². The van der Waals surface area contributed by atoms with Gasteiger partial charge in [0.05, 0.1) is 23.5 Å². The average molecular weight is 241 g/mol. The average Bonchev–Trinajstić information content (AvgIpc) is 2.74. The van der Waals surface area contributed by atoms with Crippen molar-refractivity contribution in [3.05, 3.63) is 0 Å². The Bertz CT molecular complexity index is 411. The summed E-state index contributed by atoms with van der Waals surface area (Å²) in [7, 11) is 0. The summed E-state index contributed by atoms with van der Waals surface area (Å²) in [6, 6.07) is 0. The van der Waals surface area contributed by atoms with Crippen LogP contribution in [0.3, 0.4) is 0 Å². The molecule has 3 aliphatic heterocycles. The smallest absolute Gasteiger partial charge is 0.233 e. The molecule has 0 aliphatic carbocycles. The van der Waals surface area contributed by atoms with Crippen LogP contribution in [0.15, 0.2) is 0 Å². The quantitative estimate of drug-likeness (QED) is 0.514. The van der Waals surface area contributed by atoms with Crippen molar-refractivity contribution in [2.75, 3.05) is 6.61 Å². The zero-order valence-electron chi connectivity index (χ0n) is 9.47.